The molecule has 29 heavy (non-hydrogen) atoms. The molecule has 170 valence electrons. The molecule has 3 saturated carbocycles. The maximum Gasteiger partial charge on any atom is 0.0578 e. The molecule has 0 aliphatic heterocycles. The molecular formula is C28H52O. The fourth-order valence-corrected chi connectivity index (χ4v) is 7.25. The third-order valence-corrected chi connectivity index (χ3v) is 8.92. The van der Waals surface area contributed by atoms with Crippen LogP contribution in [0.1, 0.15) is 136 Å². The summed E-state index contributed by atoms with van der Waals surface area (Å²) in [4.78, 5) is 0. The minimum absolute atomic E-state index is 0.596. The average Bonchev–Trinajstić information content (AvgIpc) is 2.75. The van der Waals surface area contributed by atoms with Crippen LogP contribution in [0.3, 0.4) is 0 Å². The highest BCUT2D eigenvalue weighted by molar-refractivity contribution is 4.94. The lowest BCUT2D eigenvalue weighted by molar-refractivity contribution is -0.0539. The van der Waals surface area contributed by atoms with Crippen molar-refractivity contribution in [3.05, 3.63) is 0 Å². The Bertz CT molecular complexity index is 419. The van der Waals surface area contributed by atoms with Gasteiger partial charge in [-0.2, -0.15) is 0 Å². The fraction of sp³-hybridized carbons (Fsp3) is 1.00. The van der Waals surface area contributed by atoms with Crippen LogP contribution in [0, 0.1) is 29.6 Å². The Morgan fingerprint density at radius 2 is 1.21 bits per heavy atom. The first-order valence-electron chi connectivity index (χ1n) is 13.9. The number of hydrogen-bond donors (Lipinski definition) is 0. The number of hydrogen-bond acceptors (Lipinski definition) is 1. The van der Waals surface area contributed by atoms with E-state index in [0.717, 1.165) is 36.2 Å². The Morgan fingerprint density at radius 3 is 1.93 bits per heavy atom. The standard InChI is InChI=1S/C28H52O/c1-3-5-7-9-11-13-23-14-18-27-24(21-23)15-16-25-22-26(17-19-28(25)27)29-20-12-10-8-6-4-2/h23-28H,3-22H2,1-2H3/t23-,24?,25?,26-,27?,28?/m0/s1. The second-order valence-electron chi connectivity index (χ2n) is 11.0. The third-order valence-electron chi connectivity index (χ3n) is 8.92. The molecule has 0 amide bonds. The van der Waals surface area contributed by atoms with E-state index in [9.17, 15) is 0 Å². The van der Waals surface area contributed by atoms with E-state index in [1.54, 1.807) is 25.7 Å². The Hall–Kier alpha value is -0.0400. The summed E-state index contributed by atoms with van der Waals surface area (Å²) in [7, 11) is 0. The molecule has 0 bridgehead atoms. The van der Waals surface area contributed by atoms with Gasteiger partial charge in [0.15, 0.2) is 0 Å². The molecule has 0 N–H and O–H groups in total. The molecule has 4 unspecified atom stereocenters. The molecule has 1 heteroatoms. The Balaban J connectivity index is 1.32. The summed E-state index contributed by atoms with van der Waals surface area (Å²) in [5.41, 5.74) is 0. The highest BCUT2D eigenvalue weighted by Gasteiger charge is 2.44. The van der Waals surface area contributed by atoms with E-state index in [1.165, 1.54) is 96.3 Å². The Kier molecular flexibility index (Phi) is 10.9. The van der Waals surface area contributed by atoms with Crippen LogP contribution < -0.4 is 0 Å². The largest absolute Gasteiger partial charge is 0.378 e. The first-order chi connectivity index (χ1) is 14.3. The van der Waals surface area contributed by atoms with Crippen molar-refractivity contribution in [1.29, 1.82) is 0 Å². The number of rotatable bonds is 13. The molecule has 3 aliphatic rings. The van der Waals surface area contributed by atoms with Gasteiger partial charge in [0, 0.05) is 6.61 Å². The van der Waals surface area contributed by atoms with Crippen molar-refractivity contribution in [3.63, 3.8) is 0 Å². The van der Waals surface area contributed by atoms with Gasteiger partial charge in [-0.3, -0.25) is 0 Å². The van der Waals surface area contributed by atoms with Crippen LogP contribution in [0.25, 0.3) is 0 Å². The van der Waals surface area contributed by atoms with Crippen molar-refractivity contribution in [2.75, 3.05) is 6.61 Å². The predicted octanol–water partition coefficient (Wildman–Crippen LogP) is 8.95. The van der Waals surface area contributed by atoms with E-state index in [1.807, 2.05) is 0 Å². The molecule has 6 atom stereocenters. The predicted molar refractivity (Wildman–Crippen MR) is 126 cm³/mol. The Labute approximate surface area is 183 Å². The van der Waals surface area contributed by atoms with E-state index in [0.29, 0.717) is 6.10 Å². The van der Waals surface area contributed by atoms with Crippen LogP contribution >= 0.6 is 0 Å². The van der Waals surface area contributed by atoms with Crippen LogP contribution in [-0.2, 0) is 4.74 Å². The lowest BCUT2D eigenvalue weighted by Crippen LogP contribution is -2.42. The maximum atomic E-state index is 6.34. The fourth-order valence-electron chi connectivity index (χ4n) is 7.25. The van der Waals surface area contributed by atoms with Gasteiger partial charge < -0.3 is 4.74 Å². The SMILES string of the molecule is CCCCCCCO[C@H]1CCC2C(CCC3C[C@@H](CCCCCCC)CCC32)C1. The minimum Gasteiger partial charge on any atom is -0.378 e. The van der Waals surface area contributed by atoms with Crippen LogP contribution in [0.5, 0.6) is 0 Å². The van der Waals surface area contributed by atoms with Gasteiger partial charge in [0.2, 0.25) is 0 Å². The van der Waals surface area contributed by atoms with Gasteiger partial charge in [0.25, 0.3) is 0 Å². The molecule has 0 heterocycles. The molecule has 0 aromatic heterocycles. The number of unbranched alkanes of at least 4 members (excludes halogenated alkanes) is 8. The molecule has 0 saturated heterocycles. The topological polar surface area (TPSA) is 9.23 Å². The second kappa shape index (κ2) is 13.4. The molecule has 3 fully saturated rings. The number of ether oxygens (including phenoxy) is 1. The van der Waals surface area contributed by atoms with Gasteiger partial charge in [-0.15, -0.1) is 0 Å². The lowest BCUT2D eigenvalue weighted by atomic mass is 9.56. The molecule has 0 aromatic carbocycles. The van der Waals surface area contributed by atoms with Gasteiger partial charge >= 0.3 is 0 Å². The van der Waals surface area contributed by atoms with E-state index in [2.05, 4.69) is 13.8 Å². The minimum atomic E-state index is 0.596. The van der Waals surface area contributed by atoms with Gasteiger partial charge in [-0.1, -0.05) is 84.5 Å². The summed E-state index contributed by atoms with van der Waals surface area (Å²) in [6, 6.07) is 0. The van der Waals surface area contributed by atoms with Gasteiger partial charge in [-0.25, -0.2) is 0 Å². The second-order valence-corrected chi connectivity index (χ2v) is 11.0. The van der Waals surface area contributed by atoms with Gasteiger partial charge in [0.1, 0.15) is 0 Å². The zero-order chi connectivity index (χ0) is 20.3. The molecule has 3 rings (SSSR count). The van der Waals surface area contributed by atoms with Crippen LogP contribution in [-0.4, -0.2) is 12.7 Å². The first-order valence-corrected chi connectivity index (χ1v) is 13.9. The van der Waals surface area contributed by atoms with Crippen LogP contribution in [0.4, 0.5) is 0 Å². The van der Waals surface area contributed by atoms with Gasteiger partial charge in [0.05, 0.1) is 6.10 Å². The molecule has 0 radical (unpaired) electrons. The normalized spacial score (nSPS) is 34.6. The van der Waals surface area contributed by atoms with E-state index in [-0.39, 0.29) is 0 Å². The van der Waals surface area contributed by atoms with Crippen molar-refractivity contribution in [1.82, 2.24) is 0 Å². The van der Waals surface area contributed by atoms with E-state index < -0.39 is 0 Å². The van der Waals surface area contributed by atoms with Gasteiger partial charge in [-0.05, 0) is 81.0 Å². The maximum absolute atomic E-state index is 6.34. The zero-order valence-corrected chi connectivity index (χ0v) is 20.0. The highest BCUT2D eigenvalue weighted by Crippen LogP contribution is 2.53. The zero-order valence-electron chi connectivity index (χ0n) is 20.0. The van der Waals surface area contributed by atoms with Crippen molar-refractivity contribution in [2.24, 2.45) is 29.6 Å². The lowest BCUT2D eigenvalue weighted by Gasteiger charge is -2.50. The number of fused-ring (bicyclic) bond motifs is 3. The summed E-state index contributed by atoms with van der Waals surface area (Å²) in [6.45, 7) is 5.65. The molecule has 0 spiro atoms. The third kappa shape index (κ3) is 7.55. The van der Waals surface area contributed by atoms with Crippen LogP contribution in [0.15, 0.2) is 0 Å². The summed E-state index contributed by atoms with van der Waals surface area (Å²) >= 11 is 0. The molecule has 1 nitrogen and oxygen atoms in total. The quantitative estimate of drug-likeness (QED) is 0.278. The first kappa shape index (κ1) is 23.6. The van der Waals surface area contributed by atoms with E-state index >= 15 is 0 Å². The van der Waals surface area contributed by atoms with Crippen LogP contribution in [0.2, 0.25) is 0 Å². The summed E-state index contributed by atoms with van der Waals surface area (Å²) < 4.78 is 6.34. The van der Waals surface area contributed by atoms with E-state index in [4.69, 9.17) is 4.74 Å². The smallest absolute Gasteiger partial charge is 0.0578 e. The summed E-state index contributed by atoms with van der Waals surface area (Å²) in [6.07, 6.45) is 28.2. The van der Waals surface area contributed by atoms with Crippen molar-refractivity contribution >= 4 is 0 Å². The monoisotopic (exact) mass is 404 g/mol. The van der Waals surface area contributed by atoms with Crippen molar-refractivity contribution in [3.8, 4) is 0 Å². The highest BCUT2D eigenvalue weighted by atomic mass is 16.5. The van der Waals surface area contributed by atoms with Crippen molar-refractivity contribution in [2.45, 2.75) is 142 Å². The molecule has 3 aliphatic carbocycles. The Morgan fingerprint density at radius 1 is 0.586 bits per heavy atom. The average molecular weight is 405 g/mol. The summed E-state index contributed by atoms with van der Waals surface area (Å²) in [5.74, 6) is 5.30. The molecular weight excluding hydrogens is 352 g/mol. The summed E-state index contributed by atoms with van der Waals surface area (Å²) in [5, 5.41) is 0. The molecule has 0 aromatic rings. The van der Waals surface area contributed by atoms with Crippen molar-refractivity contribution < 1.29 is 4.74 Å².